The molecule has 1 N–H and O–H groups in total. The second-order valence-corrected chi connectivity index (χ2v) is 7.44. The zero-order chi connectivity index (χ0) is 19.5. The van der Waals surface area contributed by atoms with Crippen LogP contribution in [0.3, 0.4) is 0 Å². The van der Waals surface area contributed by atoms with Gasteiger partial charge in [0.25, 0.3) is 5.91 Å². The Balaban J connectivity index is 1.30. The third-order valence-electron chi connectivity index (χ3n) is 5.16. The molecular formula is C21H22ClN3O3. The van der Waals surface area contributed by atoms with E-state index in [2.05, 4.69) is 16.3 Å². The molecule has 7 heteroatoms. The number of ether oxygens (including phenoxy) is 1. The predicted octanol–water partition coefficient (Wildman–Crippen LogP) is 2.95. The molecular weight excluding hydrogens is 378 g/mol. The molecule has 0 spiro atoms. The molecule has 0 radical (unpaired) electrons. The van der Waals surface area contributed by atoms with Crippen LogP contribution in [0, 0.1) is 0 Å². The lowest BCUT2D eigenvalue weighted by atomic mass is 10.0. The molecule has 2 heterocycles. The maximum Gasteiger partial charge on any atom is 0.260 e. The van der Waals surface area contributed by atoms with E-state index in [1.165, 1.54) is 5.56 Å². The van der Waals surface area contributed by atoms with E-state index in [4.69, 9.17) is 16.3 Å². The number of nitrogens with one attached hydrogen (secondary N) is 1. The van der Waals surface area contributed by atoms with Gasteiger partial charge in [0.15, 0.2) is 6.61 Å². The molecule has 0 bridgehead atoms. The fraction of sp³-hybridized carbons (Fsp3) is 0.333. The van der Waals surface area contributed by atoms with E-state index in [0.717, 1.165) is 30.9 Å². The highest BCUT2D eigenvalue weighted by Crippen LogP contribution is 2.28. The normalized spacial score (nSPS) is 16.4. The number of aryl methyl sites for hydroxylation is 1. The van der Waals surface area contributed by atoms with Crippen molar-refractivity contribution in [1.29, 1.82) is 0 Å². The molecule has 2 aromatic carbocycles. The average Bonchev–Trinajstić information content (AvgIpc) is 2.73. The molecule has 28 heavy (non-hydrogen) atoms. The molecule has 0 unspecified atom stereocenters. The quantitative estimate of drug-likeness (QED) is 0.858. The number of nitrogens with zero attached hydrogens (tertiary/aromatic N) is 2. The van der Waals surface area contributed by atoms with Gasteiger partial charge in [0.1, 0.15) is 5.75 Å². The largest absolute Gasteiger partial charge is 0.484 e. The summed E-state index contributed by atoms with van der Waals surface area (Å²) in [5.74, 6) is 0.702. The van der Waals surface area contributed by atoms with Gasteiger partial charge in [-0.15, -0.1) is 0 Å². The lowest BCUT2D eigenvalue weighted by molar-refractivity contribution is -0.133. The molecule has 1 fully saturated rings. The molecule has 2 aliphatic heterocycles. The van der Waals surface area contributed by atoms with E-state index < -0.39 is 0 Å². The van der Waals surface area contributed by atoms with Crippen molar-refractivity contribution in [3.63, 3.8) is 0 Å². The maximum atomic E-state index is 12.4. The van der Waals surface area contributed by atoms with Gasteiger partial charge in [-0.2, -0.15) is 0 Å². The molecule has 2 aliphatic rings. The zero-order valence-electron chi connectivity index (χ0n) is 15.5. The van der Waals surface area contributed by atoms with E-state index in [9.17, 15) is 9.59 Å². The van der Waals surface area contributed by atoms with Crippen LogP contribution in [-0.4, -0.2) is 49.5 Å². The van der Waals surface area contributed by atoms with Crippen molar-refractivity contribution in [2.24, 2.45) is 0 Å². The Bertz CT molecular complexity index is 877. The molecule has 6 nitrogen and oxygen atoms in total. The van der Waals surface area contributed by atoms with E-state index in [0.29, 0.717) is 30.3 Å². The number of piperazine rings is 1. The SMILES string of the molecule is O=C1CCc2cc(N3CCN(C(=O)COc4ccc(Cl)cc4)CC3)ccc2N1. The van der Waals surface area contributed by atoms with Gasteiger partial charge >= 0.3 is 0 Å². The van der Waals surface area contributed by atoms with Gasteiger partial charge in [-0.1, -0.05) is 11.6 Å². The number of carbonyl (C=O) groups is 2. The fourth-order valence-corrected chi connectivity index (χ4v) is 3.67. The van der Waals surface area contributed by atoms with E-state index in [1.807, 2.05) is 17.0 Å². The molecule has 0 aromatic heterocycles. The van der Waals surface area contributed by atoms with Crippen LogP contribution < -0.4 is 15.0 Å². The zero-order valence-corrected chi connectivity index (χ0v) is 16.2. The van der Waals surface area contributed by atoms with E-state index in [1.54, 1.807) is 24.3 Å². The Hall–Kier alpha value is -2.73. The van der Waals surface area contributed by atoms with Crippen LogP contribution in [0.1, 0.15) is 12.0 Å². The van der Waals surface area contributed by atoms with Gasteiger partial charge in [-0.3, -0.25) is 9.59 Å². The van der Waals surface area contributed by atoms with Crippen molar-refractivity contribution in [1.82, 2.24) is 4.90 Å². The second kappa shape index (κ2) is 8.10. The number of hydrogen-bond acceptors (Lipinski definition) is 4. The van der Waals surface area contributed by atoms with Crippen LogP contribution in [-0.2, 0) is 16.0 Å². The number of benzene rings is 2. The average molecular weight is 400 g/mol. The third-order valence-corrected chi connectivity index (χ3v) is 5.41. The van der Waals surface area contributed by atoms with Crippen molar-refractivity contribution < 1.29 is 14.3 Å². The van der Waals surface area contributed by atoms with Crippen LogP contribution in [0.25, 0.3) is 0 Å². The standard InChI is InChI=1S/C21H22ClN3O3/c22-16-2-5-18(6-3-16)28-14-21(27)25-11-9-24(10-12-25)17-4-7-19-15(13-17)1-8-20(26)23-19/h2-7,13H,1,8-12,14H2,(H,23,26). The van der Waals surface area contributed by atoms with E-state index >= 15 is 0 Å². The highest BCUT2D eigenvalue weighted by Gasteiger charge is 2.23. The van der Waals surface area contributed by atoms with Gasteiger partial charge in [0, 0.05) is 49.0 Å². The summed E-state index contributed by atoms with van der Waals surface area (Å²) in [5, 5.41) is 3.55. The highest BCUT2D eigenvalue weighted by atomic mass is 35.5. The fourth-order valence-electron chi connectivity index (χ4n) is 3.55. The molecule has 0 saturated carbocycles. The lowest BCUT2D eigenvalue weighted by Gasteiger charge is -2.36. The maximum absolute atomic E-state index is 12.4. The molecule has 4 rings (SSSR count). The summed E-state index contributed by atoms with van der Waals surface area (Å²) in [6.07, 6.45) is 1.31. The van der Waals surface area contributed by atoms with Crippen LogP contribution in [0.5, 0.6) is 5.75 Å². The Labute approximate surface area is 169 Å². The van der Waals surface area contributed by atoms with Crippen molar-refractivity contribution in [2.75, 3.05) is 43.0 Å². The number of halogens is 1. The van der Waals surface area contributed by atoms with Gasteiger partial charge in [0.05, 0.1) is 0 Å². The number of anilines is 2. The lowest BCUT2D eigenvalue weighted by Crippen LogP contribution is -2.50. The summed E-state index contributed by atoms with van der Waals surface area (Å²) < 4.78 is 5.56. The second-order valence-electron chi connectivity index (χ2n) is 7.00. The Morgan fingerprint density at radius 1 is 1.04 bits per heavy atom. The highest BCUT2D eigenvalue weighted by molar-refractivity contribution is 6.30. The van der Waals surface area contributed by atoms with Crippen molar-refractivity contribution in [3.05, 3.63) is 53.1 Å². The van der Waals surface area contributed by atoms with Crippen molar-refractivity contribution in [2.45, 2.75) is 12.8 Å². The first-order valence-corrected chi connectivity index (χ1v) is 9.80. The van der Waals surface area contributed by atoms with Crippen LogP contribution in [0.2, 0.25) is 5.02 Å². The van der Waals surface area contributed by atoms with Crippen LogP contribution >= 0.6 is 11.6 Å². The monoisotopic (exact) mass is 399 g/mol. The topological polar surface area (TPSA) is 61.9 Å². The van der Waals surface area contributed by atoms with Gasteiger partial charge in [-0.05, 0) is 54.4 Å². The number of amides is 2. The molecule has 0 aliphatic carbocycles. The first kappa shape index (κ1) is 18.6. The van der Waals surface area contributed by atoms with Crippen molar-refractivity contribution >= 4 is 34.8 Å². The number of fused-ring (bicyclic) bond motifs is 1. The van der Waals surface area contributed by atoms with E-state index in [-0.39, 0.29) is 18.4 Å². The van der Waals surface area contributed by atoms with Gasteiger partial charge in [-0.25, -0.2) is 0 Å². The molecule has 0 atom stereocenters. The van der Waals surface area contributed by atoms with Crippen molar-refractivity contribution in [3.8, 4) is 5.75 Å². The van der Waals surface area contributed by atoms with Gasteiger partial charge in [0.2, 0.25) is 5.91 Å². The minimum absolute atomic E-state index is 0.0113. The summed E-state index contributed by atoms with van der Waals surface area (Å²) in [5.41, 5.74) is 3.22. The minimum Gasteiger partial charge on any atom is -0.484 e. The smallest absolute Gasteiger partial charge is 0.260 e. The summed E-state index contributed by atoms with van der Waals surface area (Å²) in [6, 6.07) is 13.1. The number of hydrogen-bond donors (Lipinski definition) is 1. The molecule has 1 saturated heterocycles. The Kier molecular flexibility index (Phi) is 5.39. The van der Waals surface area contributed by atoms with Crippen LogP contribution in [0.15, 0.2) is 42.5 Å². The number of carbonyl (C=O) groups excluding carboxylic acids is 2. The van der Waals surface area contributed by atoms with Crippen LogP contribution in [0.4, 0.5) is 11.4 Å². The summed E-state index contributed by atoms with van der Waals surface area (Å²) in [6.45, 7) is 2.91. The van der Waals surface area contributed by atoms with Gasteiger partial charge < -0.3 is 19.9 Å². The summed E-state index contributed by atoms with van der Waals surface area (Å²) in [4.78, 5) is 28.0. The third kappa shape index (κ3) is 4.22. The number of rotatable bonds is 4. The molecule has 2 amide bonds. The Morgan fingerprint density at radius 2 is 1.79 bits per heavy atom. The summed E-state index contributed by atoms with van der Waals surface area (Å²) >= 11 is 5.85. The predicted molar refractivity (Wildman–Crippen MR) is 109 cm³/mol. The molecule has 146 valence electrons. The molecule has 2 aromatic rings. The first-order valence-electron chi connectivity index (χ1n) is 9.42. The first-order chi connectivity index (χ1) is 13.6. The minimum atomic E-state index is -0.0113. The Morgan fingerprint density at radius 3 is 2.54 bits per heavy atom. The summed E-state index contributed by atoms with van der Waals surface area (Å²) in [7, 11) is 0.